The summed E-state index contributed by atoms with van der Waals surface area (Å²) in [6, 6.07) is 16.6. The van der Waals surface area contributed by atoms with Gasteiger partial charge in [0, 0.05) is 11.4 Å². The van der Waals surface area contributed by atoms with Crippen molar-refractivity contribution >= 4 is 23.2 Å². The summed E-state index contributed by atoms with van der Waals surface area (Å²) >= 11 is 0. The number of benzene rings is 2. The molecule has 0 aliphatic rings. The Morgan fingerprint density at radius 2 is 1.36 bits per heavy atom. The number of nitrogens with one attached hydrogen (secondary N) is 2. The minimum atomic E-state index is -1.18. The SMILES string of the molecule is Cc1cccc(NC(=O)C(C)(C)C(=O)Nc2ccccc2)c1. The van der Waals surface area contributed by atoms with Crippen molar-refractivity contribution < 1.29 is 9.59 Å². The molecule has 114 valence electrons. The van der Waals surface area contributed by atoms with Crippen LogP contribution in [0.2, 0.25) is 0 Å². The molecule has 0 spiro atoms. The molecule has 2 rings (SSSR count). The van der Waals surface area contributed by atoms with Gasteiger partial charge in [-0.2, -0.15) is 0 Å². The Morgan fingerprint density at radius 1 is 0.818 bits per heavy atom. The minimum absolute atomic E-state index is 0.341. The summed E-state index contributed by atoms with van der Waals surface area (Å²) < 4.78 is 0. The third-order valence-corrected chi connectivity index (χ3v) is 3.44. The fraction of sp³-hybridized carbons (Fsp3) is 0.222. The third kappa shape index (κ3) is 3.73. The molecule has 4 nitrogen and oxygen atoms in total. The molecule has 2 aromatic carbocycles. The van der Waals surface area contributed by atoms with E-state index in [2.05, 4.69) is 10.6 Å². The maximum atomic E-state index is 12.4. The van der Waals surface area contributed by atoms with Gasteiger partial charge in [-0.05, 0) is 50.6 Å². The van der Waals surface area contributed by atoms with Gasteiger partial charge in [0.05, 0.1) is 0 Å². The highest BCUT2D eigenvalue weighted by molar-refractivity contribution is 6.13. The van der Waals surface area contributed by atoms with Gasteiger partial charge in [0.2, 0.25) is 11.8 Å². The largest absolute Gasteiger partial charge is 0.325 e. The monoisotopic (exact) mass is 296 g/mol. The summed E-state index contributed by atoms with van der Waals surface area (Å²) in [6.07, 6.45) is 0. The highest BCUT2D eigenvalue weighted by atomic mass is 16.2. The molecule has 0 aromatic heterocycles. The number of carbonyl (C=O) groups is 2. The van der Waals surface area contributed by atoms with Crippen LogP contribution in [-0.4, -0.2) is 11.8 Å². The van der Waals surface area contributed by atoms with E-state index >= 15 is 0 Å². The summed E-state index contributed by atoms with van der Waals surface area (Å²) in [5, 5.41) is 5.55. The van der Waals surface area contributed by atoms with Crippen molar-refractivity contribution in [2.24, 2.45) is 5.41 Å². The maximum Gasteiger partial charge on any atom is 0.239 e. The van der Waals surface area contributed by atoms with E-state index in [1.165, 1.54) is 0 Å². The zero-order valence-corrected chi connectivity index (χ0v) is 13.0. The van der Waals surface area contributed by atoms with Gasteiger partial charge < -0.3 is 10.6 Å². The first-order valence-electron chi connectivity index (χ1n) is 7.14. The first-order valence-corrected chi connectivity index (χ1v) is 7.14. The van der Waals surface area contributed by atoms with Crippen LogP contribution in [-0.2, 0) is 9.59 Å². The number of aryl methyl sites for hydroxylation is 1. The Bertz CT molecular complexity index is 678. The third-order valence-electron chi connectivity index (χ3n) is 3.44. The van der Waals surface area contributed by atoms with Crippen molar-refractivity contribution in [2.75, 3.05) is 10.6 Å². The van der Waals surface area contributed by atoms with Crippen LogP contribution in [0.5, 0.6) is 0 Å². The first kappa shape index (κ1) is 15.8. The van der Waals surface area contributed by atoms with Gasteiger partial charge in [-0.3, -0.25) is 9.59 Å². The van der Waals surface area contributed by atoms with Crippen LogP contribution in [0.25, 0.3) is 0 Å². The molecule has 0 fully saturated rings. The maximum absolute atomic E-state index is 12.4. The van der Waals surface area contributed by atoms with Gasteiger partial charge in [0.1, 0.15) is 5.41 Å². The lowest BCUT2D eigenvalue weighted by Crippen LogP contribution is -2.41. The Morgan fingerprint density at radius 3 is 1.95 bits per heavy atom. The number of hydrogen-bond donors (Lipinski definition) is 2. The molecule has 0 aliphatic carbocycles. The molecular weight excluding hydrogens is 276 g/mol. The summed E-state index contributed by atoms with van der Waals surface area (Å²) in [5.41, 5.74) is 1.22. The van der Waals surface area contributed by atoms with Crippen molar-refractivity contribution in [3.05, 3.63) is 60.2 Å². The lowest BCUT2D eigenvalue weighted by atomic mass is 9.90. The van der Waals surface area contributed by atoms with Gasteiger partial charge in [-0.15, -0.1) is 0 Å². The first-order chi connectivity index (χ1) is 10.4. The molecule has 0 radical (unpaired) electrons. The van der Waals surface area contributed by atoms with Crippen molar-refractivity contribution in [1.29, 1.82) is 0 Å². The van der Waals surface area contributed by atoms with Gasteiger partial charge in [-0.25, -0.2) is 0 Å². The van der Waals surface area contributed by atoms with Gasteiger partial charge >= 0.3 is 0 Å². The number of carbonyl (C=O) groups excluding carboxylic acids is 2. The predicted molar refractivity (Wildman–Crippen MR) is 88.7 cm³/mol. The number of hydrogen-bond acceptors (Lipinski definition) is 2. The molecule has 4 heteroatoms. The number of para-hydroxylation sites is 1. The molecule has 22 heavy (non-hydrogen) atoms. The second-order valence-corrected chi connectivity index (χ2v) is 5.77. The predicted octanol–water partition coefficient (Wildman–Crippen LogP) is 3.60. The molecule has 0 atom stereocenters. The lowest BCUT2D eigenvalue weighted by Gasteiger charge is -2.22. The molecule has 0 bridgehead atoms. The molecule has 0 aliphatic heterocycles. The topological polar surface area (TPSA) is 58.2 Å². The van der Waals surface area contributed by atoms with Crippen LogP contribution < -0.4 is 10.6 Å². The average Bonchev–Trinajstić information content (AvgIpc) is 2.48. The van der Waals surface area contributed by atoms with Crippen LogP contribution in [0, 0.1) is 12.3 Å². The Balaban J connectivity index is 2.08. The Kier molecular flexibility index (Phi) is 4.61. The van der Waals surface area contributed by atoms with Crippen LogP contribution in [0.4, 0.5) is 11.4 Å². The molecule has 0 heterocycles. The molecule has 0 unspecified atom stereocenters. The highest BCUT2D eigenvalue weighted by Gasteiger charge is 2.36. The second kappa shape index (κ2) is 6.43. The highest BCUT2D eigenvalue weighted by Crippen LogP contribution is 2.22. The van der Waals surface area contributed by atoms with Crippen LogP contribution in [0.3, 0.4) is 0 Å². The quantitative estimate of drug-likeness (QED) is 0.847. The molecule has 0 saturated carbocycles. The average molecular weight is 296 g/mol. The molecule has 2 amide bonds. The van der Waals surface area contributed by atoms with E-state index in [1.54, 1.807) is 32.0 Å². The van der Waals surface area contributed by atoms with Crippen molar-refractivity contribution in [2.45, 2.75) is 20.8 Å². The number of amides is 2. The van der Waals surface area contributed by atoms with E-state index in [1.807, 2.05) is 43.3 Å². The van der Waals surface area contributed by atoms with Gasteiger partial charge in [0.15, 0.2) is 0 Å². The van der Waals surface area contributed by atoms with Crippen molar-refractivity contribution in [3.63, 3.8) is 0 Å². The zero-order chi connectivity index (χ0) is 16.2. The van der Waals surface area contributed by atoms with E-state index in [9.17, 15) is 9.59 Å². The van der Waals surface area contributed by atoms with Crippen LogP contribution in [0.1, 0.15) is 19.4 Å². The van der Waals surface area contributed by atoms with E-state index in [0.29, 0.717) is 11.4 Å². The van der Waals surface area contributed by atoms with Crippen molar-refractivity contribution in [1.82, 2.24) is 0 Å². The summed E-state index contributed by atoms with van der Waals surface area (Å²) in [5.74, 6) is -0.685. The summed E-state index contributed by atoms with van der Waals surface area (Å²) in [4.78, 5) is 24.8. The fourth-order valence-corrected chi connectivity index (χ4v) is 1.92. The van der Waals surface area contributed by atoms with E-state index in [-0.39, 0.29) is 11.8 Å². The molecular formula is C18H20N2O2. The number of anilines is 2. The molecule has 0 saturated heterocycles. The lowest BCUT2D eigenvalue weighted by molar-refractivity contribution is -0.135. The van der Waals surface area contributed by atoms with Crippen LogP contribution >= 0.6 is 0 Å². The Labute approximate surface area is 130 Å². The normalized spacial score (nSPS) is 10.9. The standard InChI is InChI=1S/C18H20N2O2/c1-13-8-7-11-15(12-13)20-17(22)18(2,3)16(21)19-14-9-5-4-6-10-14/h4-12H,1-3H3,(H,19,21)(H,20,22). The Hall–Kier alpha value is -2.62. The van der Waals surface area contributed by atoms with Gasteiger partial charge in [-0.1, -0.05) is 30.3 Å². The minimum Gasteiger partial charge on any atom is -0.325 e. The van der Waals surface area contributed by atoms with Crippen molar-refractivity contribution in [3.8, 4) is 0 Å². The van der Waals surface area contributed by atoms with E-state index in [0.717, 1.165) is 5.56 Å². The molecule has 2 aromatic rings. The number of rotatable bonds is 4. The zero-order valence-electron chi connectivity index (χ0n) is 13.0. The van der Waals surface area contributed by atoms with E-state index in [4.69, 9.17) is 0 Å². The fourth-order valence-electron chi connectivity index (χ4n) is 1.92. The molecule has 2 N–H and O–H groups in total. The van der Waals surface area contributed by atoms with Crippen LogP contribution in [0.15, 0.2) is 54.6 Å². The van der Waals surface area contributed by atoms with E-state index < -0.39 is 5.41 Å². The summed E-state index contributed by atoms with van der Waals surface area (Å²) in [6.45, 7) is 5.16. The smallest absolute Gasteiger partial charge is 0.239 e. The summed E-state index contributed by atoms with van der Waals surface area (Å²) in [7, 11) is 0. The van der Waals surface area contributed by atoms with Gasteiger partial charge in [0.25, 0.3) is 0 Å². The second-order valence-electron chi connectivity index (χ2n) is 5.77.